The number of rotatable bonds is 2. The Morgan fingerprint density at radius 1 is 1.04 bits per heavy atom. The number of aryl methyl sites for hydroxylation is 3. The summed E-state index contributed by atoms with van der Waals surface area (Å²) >= 11 is 0. The van der Waals surface area contributed by atoms with Crippen LogP contribution in [0.1, 0.15) is 27.8 Å². The topological polar surface area (TPSA) is 15.7 Å². The molecule has 0 bridgehead atoms. The van der Waals surface area contributed by atoms with E-state index in [-0.39, 0.29) is 0 Å². The highest BCUT2D eigenvalue weighted by atomic mass is 16.5. The first-order valence-electron chi connectivity index (χ1n) is 8.57. The Labute approximate surface area is 144 Å². The Morgan fingerprint density at radius 2 is 1.79 bits per heavy atom. The molecule has 0 aliphatic carbocycles. The lowest BCUT2D eigenvalue weighted by Crippen LogP contribution is -2.25. The second kappa shape index (κ2) is 5.59. The van der Waals surface area contributed by atoms with Crippen molar-refractivity contribution >= 4 is 11.4 Å². The monoisotopic (exact) mass is 320 g/mol. The van der Waals surface area contributed by atoms with Crippen molar-refractivity contribution in [1.29, 1.82) is 0 Å². The second-order valence-electron chi connectivity index (χ2n) is 6.98. The maximum Gasteiger partial charge on any atom is 0.146 e. The van der Waals surface area contributed by atoms with Gasteiger partial charge < -0.3 is 14.5 Å². The van der Waals surface area contributed by atoms with Crippen molar-refractivity contribution in [3.05, 3.63) is 64.3 Å². The SMILES string of the molecule is Cc1cc(C)c(C2=CN(C)CN2c2cccc3c2OCC3)c(C)c1. The van der Waals surface area contributed by atoms with E-state index in [1.165, 1.54) is 39.2 Å². The number of hydrogen-bond donors (Lipinski definition) is 0. The molecule has 4 rings (SSSR count). The van der Waals surface area contributed by atoms with Crippen molar-refractivity contribution in [1.82, 2.24) is 4.90 Å². The molecule has 0 N–H and O–H groups in total. The van der Waals surface area contributed by atoms with Crippen LogP contribution in [0.4, 0.5) is 5.69 Å². The quantitative estimate of drug-likeness (QED) is 0.822. The molecule has 2 aromatic carbocycles. The summed E-state index contributed by atoms with van der Waals surface area (Å²) in [5.41, 5.74) is 9.06. The van der Waals surface area contributed by atoms with E-state index in [1.807, 2.05) is 0 Å². The Bertz CT molecular complexity index is 815. The van der Waals surface area contributed by atoms with Gasteiger partial charge in [0.05, 0.1) is 24.7 Å². The van der Waals surface area contributed by atoms with Gasteiger partial charge in [0.2, 0.25) is 0 Å². The van der Waals surface area contributed by atoms with E-state index in [1.54, 1.807) is 0 Å². The van der Waals surface area contributed by atoms with E-state index < -0.39 is 0 Å². The third kappa shape index (κ3) is 2.35. The lowest BCUT2D eigenvalue weighted by Gasteiger charge is -2.26. The predicted octanol–water partition coefficient (Wildman–Crippen LogP) is 4.25. The summed E-state index contributed by atoms with van der Waals surface area (Å²) in [5.74, 6) is 1.06. The van der Waals surface area contributed by atoms with Crippen LogP contribution in [-0.2, 0) is 6.42 Å². The van der Waals surface area contributed by atoms with Gasteiger partial charge in [0.25, 0.3) is 0 Å². The standard InChI is InChI=1S/C21H24N2O/c1-14-10-15(2)20(16(3)11-14)19-12-22(4)13-23(19)18-7-5-6-17-8-9-24-21(17)18/h5-7,10-12H,8-9,13H2,1-4H3. The number of nitrogens with zero attached hydrogens (tertiary/aromatic N) is 2. The van der Waals surface area contributed by atoms with E-state index >= 15 is 0 Å². The first-order chi connectivity index (χ1) is 11.5. The fraction of sp³-hybridized carbons (Fsp3) is 0.333. The third-order valence-corrected chi connectivity index (χ3v) is 4.92. The largest absolute Gasteiger partial charge is 0.491 e. The van der Waals surface area contributed by atoms with Crippen molar-refractivity contribution in [2.75, 3.05) is 25.2 Å². The average molecular weight is 320 g/mol. The Hall–Kier alpha value is -2.42. The highest BCUT2D eigenvalue weighted by Crippen LogP contribution is 2.42. The molecule has 2 aliphatic heterocycles. The predicted molar refractivity (Wildman–Crippen MR) is 99.4 cm³/mol. The molecular weight excluding hydrogens is 296 g/mol. The zero-order valence-electron chi connectivity index (χ0n) is 14.9. The average Bonchev–Trinajstić information content (AvgIpc) is 3.12. The van der Waals surface area contributed by atoms with Gasteiger partial charge in [-0.2, -0.15) is 0 Å². The van der Waals surface area contributed by atoms with Gasteiger partial charge in [-0.3, -0.25) is 0 Å². The summed E-state index contributed by atoms with van der Waals surface area (Å²) in [5, 5.41) is 0. The van der Waals surface area contributed by atoms with E-state index in [0.717, 1.165) is 25.4 Å². The third-order valence-electron chi connectivity index (χ3n) is 4.92. The van der Waals surface area contributed by atoms with Crippen molar-refractivity contribution in [2.24, 2.45) is 0 Å². The number of hydrogen-bond acceptors (Lipinski definition) is 3. The number of ether oxygens (including phenoxy) is 1. The molecule has 124 valence electrons. The Balaban J connectivity index is 1.84. The Morgan fingerprint density at radius 3 is 2.54 bits per heavy atom. The highest BCUT2D eigenvalue weighted by Gasteiger charge is 2.28. The van der Waals surface area contributed by atoms with Crippen molar-refractivity contribution in [2.45, 2.75) is 27.2 Å². The molecule has 0 radical (unpaired) electrons. The lowest BCUT2D eigenvalue weighted by atomic mass is 9.97. The van der Waals surface area contributed by atoms with Crippen molar-refractivity contribution < 1.29 is 4.74 Å². The zero-order chi connectivity index (χ0) is 16.8. The summed E-state index contributed by atoms with van der Waals surface area (Å²) < 4.78 is 5.95. The van der Waals surface area contributed by atoms with Gasteiger partial charge in [-0.25, -0.2) is 0 Å². The summed E-state index contributed by atoms with van der Waals surface area (Å²) in [6, 6.07) is 11.0. The van der Waals surface area contributed by atoms with Gasteiger partial charge in [-0.15, -0.1) is 0 Å². The molecule has 0 unspecified atom stereocenters. The molecule has 0 atom stereocenters. The fourth-order valence-corrected chi connectivity index (χ4v) is 4.02. The van der Waals surface area contributed by atoms with E-state index in [9.17, 15) is 0 Å². The van der Waals surface area contributed by atoms with Gasteiger partial charge in [0.15, 0.2) is 0 Å². The van der Waals surface area contributed by atoms with Crippen molar-refractivity contribution in [3.63, 3.8) is 0 Å². The van der Waals surface area contributed by atoms with Crippen LogP contribution in [0.3, 0.4) is 0 Å². The lowest BCUT2D eigenvalue weighted by molar-refractivity contribution is 0.356. The van der Waals surface area contributed by atoms with Crippen LogP contribution < -0.4 is 9.64 Å². The molecule has 0 amide bonds. The fourth-order valence-electron chi connectivity index (χ4n) is 4.02. The minimum atomic E-state index is 0.789. The number of para-hydroxylation sites is 1. The molecule has 2 heterocycles. The van der Waals surface area contributed by atoms with Gasteiger partial charge in [-0.05, 0) is 43.5 Å². The van der Waals surface area contributed by atoms with Crippen LogP contribution >= 0.6 is 0 Å². The van der Waals surface area contributed by atoms with Crippen LogP contribution in [-0.4, -0.2) is 25.2 Å². The number of benzene rings is 2. The first-order valence-corrected chi connectivity index (χ1v) is 8.57. The molecule has 2 aromatic rings. The zero-order valence-corrected chi connectivity index (χ0v) is 14.9. The first kappa shape index (κ1) is 15.1. The Kier molecular flexibility index (Phi) is 3.52. The van der Waals surface area contributed by atoms with Crippen LogP contribution in [0, 0.1) is 20.8 Å². The normalized spacial score (nSPS) is 16.2. The molecule has 0 saturated carbocycles. The number of fused-ring (bicyclic) bond motifs is 1. The van der Waals surface area contributed by atoms with Gasteiger partial charge in [-0.1, -0.05) is 29.8 Å². The maximum absolute atomic E-state index is 5.95. The molecular formula is C21H24N2O. The second-order valence-corrected chi connectivity index (χ2v) is 6.98. The van der Waals surface area contributed by atoms with Crippen LogP contribution in [0.2, 0.25) is 0 Å². The minimum absolute atomic E-state index is 0.789. The van der Waals surface area contributed by atoms with Gasteiger partial charge >= 0.3 is 0 Å². The van der Waals surface area contributed by atoms with E-state index in [0.29, 0.717) is 0 Å². The molecule has 0 aromatic heterocycles. The summed E-state index contributed by atoms with van der Waals surface area (Å²) in [6.07, 6.45) is 3.26. The summed E-state index contributed by atoms with van der Waals surface area (Å²) in [6.45, 7) is 8.21. The molecule has 3 heteroatoms. The molecule has 0 fully saturated rings. The molecule has 2 aliphatic rings. The van der Waals surface area contributed by atoms with Gasteiger partial charge in [0, 0.05) is 25.2 Å². The van der Waals surface area contributed by atoms with E-state index in [4.69, 9.17) is 4.74 Å². The van der Waals surface area contributed by atoms with Gasteiger partial charge in [0.1, 0.15) is 5.75 Å². The smallest absolute Gasteiger partial charge is 0.146 e. The molecule has 0 spiro atoms. The maximum atomic E-state index is 5.95. The van der Waals surface area contributed by atoms with Crippen LogP contribution in [0.15, 0.2) is 36.5 Å². The van der Waals surface area contributed by atoms with Crippen LogP contribution in [0.25, 0.3) is 5.70 Å². The van der Waals surface area contributed by atoms with Crippen LogP contribution in [0.5, 0.6) is 5.75 Å². The minimum Gasteiger partial charge on any atom is -0.491 e. The molecule has 24 heavy (non-hydrogen) atoms. The van der Waals surface area contributed by atoms with Crippen molar-refractivity contribution in [3.8, 4) is 5.75 Å². The summed E-state index contributed by atoms with van der Waals surface area (Å²) in [4.78, 5) is 4.62. The summed E-state index contributed by atoms with van der Waals surface area (Å²) in [7, 11) is 2.13. The molecule has 0 saturated heterocycles. The highest BCUT2D eigenvalue weighted by molar-refractivity contribution is 5.86. The van der Waals surface area contributed by atoms with E-state index in [2.05, 4.69) is 74.2 Å². The number of anilines is 1. The molecule has 3 nitrogen and oxygen atoms in total.